The van der Waals surface area contributed by atoms with Gasteiger partial charge in [0, 0.05) is 11.1 Å². The summed E-state index contributed by atoms with van der Waals surface area (Å²) in [6, 6.07) is 8.24. The number of hydrogen-bond acceptors (Lipinski definition) is 1. The van der Waals surface area contributed by atoms with Crippen LogP contribution < -0.4 is 4.90 Å². The number of para-hydroxylation sites is 1. The van der Waals surface area contributed by atoms with Crippen molar-refractivity contribution in [3.8, 4) is 0 Å². The van der Waals surface area contributed by atoms with Crippen molar-refractivity contribution in [2.45, 2.75) is 31.6 Å². The van der Waals surface area contributed by atoms with Crippen LogP contribution in [0.25, 0.3) is 0 Å². The first kappa shape index (κ1) is 9.64. The van der Waals surface area contributed by atoms with Crippen LogP contribution in [-0.4, -0.2) is 6.41 Å². The first-order valence-corrected chi connectivity index (χ1v) is 5.82. The summed E-state index contributed by atoms with van der Waals surface area (Å²) < 4.78 is 0. The topological polar surface area (TPSA) is 20.3 Å². The summed E-state index contributed by atoms with van der Waals surface area (Å²) in [7, 11) is 0. The van der Waals surface area contributed by atoms with Gasteiger partial charge in [-0.05, 0) is 37.8 Å². The number of carbonyl (C=O) groups excluding carboxylic acids is 1. The van der Waals surface area contributed by atoms with E-state index in [0.717, 1.165) is 24.9 Å². The Morgan fingerprint density at radius 2 is 2.19 bits per heavy atom. The van der Waals surface area contributed by atoms with Gasteiger partial charge in [0.1, 0.15) is 0 Å². The van der Waals surface area contributed by atoms with Crippen LogP contribution in [0, 0.1) is 0 Å². The van der Waals surface area contributed by atoms with Gasteiger partial charge in [-0.2, -0.15) is 0 Å². The minimum Gasteiger partial charge on any atom is -0.287 e. The number of allylic oxidation sites excluding steroid dienone is 2. The Balaban J connectivity index is 2.27. The number of rotatable bonds is 1. The third kappa shape index (κ3) is 1.04. The molecule has 3 rings (SSSR count). The molecule has 16 heavy (non-hydrogen) atoms. The SMILES string of the molecule is CC12CCCC=C1N(C=O)c1ccccc12. The summed E-state index contributed by atoms with van der Waals surface area (Å²) >= 11 is 0. The van der Waals surface area contributed by atoms with E-state index in [2.05, 4.69) is 25.1 Å². The molecule has 1 atom stereocenters. The monoisotopic (exact) mass is 213 g/mol. The van der Waals surface area contributed by atoms with Gasteiger partial charge in [-0.3, -0.25) is 9.69 Å². The van der Waals surface area contributed by atoms with E-state index in [1.165, 1.54) is 17.7 Å². The van der Waals surface area contributed by atoms with Gasteiger partial charge in [0.25, 0.3) is 0 Å². The smallest absolute Gasteiger partial charge is 0.218 e. The summed E-state index contributed by atoms with van der Waals surface area (Å²) in [6.07, 6.45) is 6.60. The lowest BCUT2D eigenvalue weighted by molar-refractivity contribution is -0.107. The maximum absolute atomic E-state index is 11.3. The highest BCUT2D eigenvalue weighted by Crippen LogP contribution is 2.51. The van der Waals surface area contributed by atoms with Crippen LogP contribution in [0.5, 0.6) is 0 Å². The van der Waals surface area contributed by atoms with Gasteiger partial charge in [-0.1, -0.05) is 24.3 Å². The maximum atomic E-state index is 11.3. The second-order valence-electron chi connectivity index (χ2n) is 4.81. The zero-order chi connectivity index (χ0) is 11.2. The lowest BCUT2D eigenvalue weighted by Crippen LogP contribution is -2.29. The first-order valence-electron chi connectivity index (χ1n) is 5.82. The van der Waals surface area contributed by atoms with Gasteiger partial charge in [0.15, 0.2) is 0 Å². The van der Waals surface area contributed by atoms with E-state index < -0.39 is 0 Å². The van der Waals surface area contributed by atoms with Crippen LogP contribution in [0.2, 0.25) is 0 Å². The average Bonchev–Trinajstić information content (AvgIpc) is 2.58. The lowest BCUT2D eigenvalue weighted by atomic mass is 9.74. The number of hydrogen-bond donors (Lipinski definition) is 0. The summed E-state index contributed by atoms with van der Waals surface area (Å²) in [6.45, 7) is 2.25. The molecule has 1 aliphatic carbocycles. The summed E-state index contributed by atoms with van der Waals surface area (Å²) in [5.41, 5.74) is 3.59. The van der Waals surface area contributed by atoms with E-state index >= 15 is 0 Å². The number of benzene rings is 1. The molecule has 2 heteroatoms. The predicted octanol–water partition coefficient (Wildman–Crippen LogP) is 2.99. The zero-order valence-corrected chi connectivity index (χ0v) is 9.44. The number of fused-ring (bicyclic) bond motifs is 3. The second kappa shape index (κ2) is 3.21. The molecular weight excluding hydrogens is 198 g/mol. The fourth-order valence-electron chi connectivity index (χ4n) is 3.08. The first-order chi connectivity index (χ1) is 7.77. The third-order valence-corrected chi connectivity index (χ3v) is 3.91. The average molecular weight is 213 g/mol. The van der Waals surface area contributed by atoms with Gasteiger partial charge in [-0.15, -0.1) is 0 Å². The Morgan fingerprint density at radius 3 is 3.00 bits per heavy atom. The van der Waals surface area contributed by atoms with E-state index in [-0.39, 0.29) is 5.41 Å². The molecule has 1 unspecified atom stereocenters. The van der Waals surface area contributed by atoms with Crippen molar-refractivity contribution in [2.75, 3.05) is 4.90 Å². The van der Waals surface area contributed by atoms with Gasteiger partial charge in [0.05, 0.1) is 5.69 Å². The van der Waals surface area contributed by atoms with Gasteiger partial charge < -0.3 is 0 Å². The highest BCUT2D eigenvalue weighted by atomic mass is 16.1. The largest absolute Gasteiger partial charge is 0.287 e. The van der Waals surface area contributed by atoms with Gasteiger partial charge in [-0.25, -0.2) is 0 Å². The molecule has 2 aliphatic rings. The van der Waals surface area contributed by atoms with Crippen LogP contribution in [0.15, 0.2) is 36.0 Å². The van der Waals surface area contributed by atoms with E-state index in [4.69, 9.17) is 0 Å². The number of nitrogens with zero attached hydrogens (tertiary/aromatic N) is 1. The lowest BCUT2D eigenvalue weighted by Gasteiger charge is -2.31. The third-order valence-electron chi connectivity index (χ3n) is 3.91. The zero-order valence-electron chi connectivity index (χ0n) is 9.44. The van der Waals surface area contributed by atoms with Crippen LogP contribution in [0.3, 0.4) is 0 Å². The Bertz CT molecular complexity index is 477. The van der Waals surface area contributed by atoms with Crippen molar-refractivity contribution in [2.24, 2.45) is 0 Å². The molecule has 0 aromatic heterocycles. The summed E-state index contributed by atoms with van der Waals surface area (Å²) in [4.78, 5) is 13.1. The van der Waals surface area contributed by atoms with E-state index in [1.807, 2.05) is 17.0 Å². The summed E-state index contributed by atoms with van der Waals surface area (Å²) in [5, 5.41) is 0. The minimum atomic E-state index is 0.0513. The Hall–Kier alpha value is -1.57. The number of anilines is 1. The Labute approximate surface area is 95.6 Å². The molecule has 1 heterocycles. The van der Waals surface area contributed by atoms with Gasteiger partial charge >= 0.3 is 0 Å². The van der Waals surface area contributed by atoms with Crippen molar-refractivity contribution in [1.82, 2.24) is 0 Å². The molecule has 0 spiro atoms. The Morgan fingerprint density at radius 1 is 1.38 bits per heavy atom. The van der Waals surface area contributed by atoms with Crippen LogP contribution >= 0.6 is 0 Å². The maximum Gasteiger partial charge on any atom is 0.218 e. The molecule has 0 bridgehead atoms. The molecule has 82 valence electrons. The van der Waals surface area contributed by atoms with Crippen molar-refractivity contribution >= 4 is 12.1 Å². The van der Waals surface area contributed by atoms with E-state index in [1.54, 1.807) is 0 Å². The minimum absolute atomic E-state index is 0.0513. The second-order valence-corrected chi connectivity index (χ2v) is 4.81. The molecule has 0 radical (unpaired) electrons. The molecule has 1 aromatic carbocycles. The van der Waals surface area contributed by atoms with Crippen LogP contribution in [0.4, 0.5) is 5.69 Å². The normalized spacial score (nSPS) is 27.1. The fraction of sp³-hybridized carbons (Fsp3) is 0.357. The van der Waals surface area contributed by atoms with Crippen molar-refractivity contribution < 1.29 is 4.79 Å². The van der Waals surface area contributed by atoms with Crippen molar-refractivity contribution in [1.29, 1.82) is 0 Å². The van der Waals surface area contributed by atoms with E-state index in [0.29, 0.717) is 0 Å². The molecule has 1 aromatic rings. The summed E-state index contributed by atoms with van der Waals surface area (Å²) in [5.74, 6) is 0. The van der Waals surface area contributed by atoms with Gasteiger partial charge in [0.2, 0.25) is 6.41 Å². The highest BCUT2D eigenvalue weighted by Gasteiger charge is 2.44. The molecule has 1 aliphatic heterocycles. The molecule has 0 fully saturated rings. The van der Waals surface area contributed by atoms with E-state index in [9.17, 15) is 4.79 Å². The van der Waals surface area contributed by atoms with Crippen LogP contribution in [0.1, 0.15) is 31.7 Å². The predicted molar refractivity (Wildman–Crippen MR) is 64.3 cm³/mol. The quantitative estimate of drug-likeness (QED) is 0.657. The molecule has 2 nitrogen and oxygen atoms in total. The number of amides is 1. The van der Waals surface area contributed by atoms with Crippen molar-refractivity contribution in [3.63, 3.8) is 0 Å². The highest BCUT2D eigenvalue weighted by molar-refractivity contribution is 5.88. The standard InChI is InChI=1S/C14H15NO/c1-14-9-5-4-8-13(14)15(10-16)12-7-3-2-6-11(12)14/h2-3,6-8,10H,4-5,9H2,1H3. The molecular formula is C14H15NO. The molecule has 1 amide bonds. The van der Waals surface area contributed by atoms with Crippen LogP contribution in [-0.2, 0) is 10.2 Å². The number of carbonyl (C=O) groups is 1. The fourth-order valence-corrected chi connectivity index (χ4v) is 3.08. The van der Waals surface area contributed by atoms with Crippen molar-refractivity contribution in [3.05, 3.63) is 41.6 Å². The molecule has 0 saturated heterocycles. The Kier molecular flexibility index (Phi) is 1.93. The molecule has 0 saturated carbocycles. The molecule has 0 N–H and O–H groups in total.